The highest BCUT2D eigenvalue weighted by Gasteiger charge is 2.25. The maximum atomic E-state index is 11.8. The van der Waals surface area contributed by atoms with Crippen LogP contribution >= 0.6 is 0 Å². The van der Waals surface area contributed by atoms with Crippen molar-refractivity contribution < 1.29 is 4.79 Å². The number of hydrogen-bond acceptors (Lipinski definition) is 2. The van der Waals surface area contributed by atoms with Gasteiger partial charge in [0.15, 0.2) is 0 Å². The quantitative estimate of drug-likeness (QED) is 0.939. The van der Waals surface area contributed by atoms with Crippen molar-refractivity contribution in [1.82, 2.24) is 10.2 Å². The van der Waals surface area contributed by atoms with Crippen LogP contribution in [0, 0.1) is 5.92 Å². The summed E-state index contributed by atoms with van der Waals surface area (Å²) in [7, 11) is 1.73. The summed E-state index contributed by atoms with van der Waals surface area (Å²) in [6.07, 6.45) is 2.11. The topological polar surface area (TPSA) is 32.3 Å². The summed E-state index contributed by atoms with van der Waals surface area (Å²) >= 11 is 0. The van der Waals surface area contributed by atoms with E-state index in [-0.39, 0.29) is 11.8 Å². The molecule has 1 saturated heterocycles. The Bertz CT molecular complexity index is 633. The third-order valence-corrected chi connectivity index (χ3v) is 4.40. The van der Waals surface area contributed by atoms with Gasteiger partial charge in [0.25, 0.3) is 0 Å². The van der Waals surface area contributed by atoms with Gasteiger partial charge in [-0.2, -0.15) is 0 Å². The van der Waals surface area contributed by atoms with E-state index < -0.39 is 0 Å². The highest BCUT2D eigenvalue weighted by atomic mass is 16.1. The zero-order valence-electron chi connectivity index (χ0n) is 12.5. The van der Waals surface area contributed by atoms with Gasteiger partial charge in [-0.3, -0.25) is 9.69 Å². The van der Waals surface area contributed by atoms with E-state index in [9.17, 15) is 4.79 Å². The number of carbonyl (C=O) groups is 1. The zero-order chi connectivity index (χ0) is 14.7. The number of carbonyl (C=O) groups excluding carboxylic acids is 1. The minimum atomic E-state index is 0.138. The number of benzene rings is 2. The number of rotatable bonds is 3. The van der Waals surface area contributed by atoms with E-state index >= 15 is 0 Å². The van der Waals surface area contributed by atoms with Crippen LogP contribution in [0.1, 0.15) is 18.4 Å². The molecule has 1 aliphatic rings. The normalized spacial score (nSPS) is 19.6. The summed E-state index contributed by atoms with van der Waals surface area (Å²) in [5, 5.41) is 5.39. The van der Waals surface area contributed by atoms with E-state index in [4.69, 9.17) is 0 Å². The van der Waals surface area contributed by atoms with Gasteiger partial charge in [0.05, 0.1) is 5.92 Å². The van der Waals surface area contributed by atoms with E-state index in [0.717, 1.165) is 32.5 Å². The number of likely N-dealkylation sites (tertiary alicyclic amines) is 1. The van der Waals surface area contributed by atoms with Gasteiger partial charge >= 0.3 is 0 Å². The first-order valence-corrected chi connectivity index (χ1v) is 7.68. The largest absolute Gasteiger partial charge is 0.359 e. The maximum Gasteiger partial charge on any atom is 0.224 e. The Morgan fingerprint density at radius 1 is 1.24 bits per heavy atom. The minimum Gasteiger partial charge on any atom is -0.359 e. The fourth-order valence-corrected chi connectivity index (χ4v) is 3.29. The molecule has 0 aromatic heterocycles. The number of piperidine rings is 1. The standard InChI is InChI=1S/C18H22N2O/c1-19-18(21)16-9-5-11-20(13-16)12-15-8-4-7-14-6-2-3-10-17(14)15/h2-4,6-8,10,16H,5,9,11-13H2,1H3,(H,19,21). The Hall–Kier alpha value is -1.87. The van der Waals surface area contributed by atoms with E-state index in [1.54, 1.807) is 7.05 Å². The monoisotopic (exact) mass is 282 g/mol. The Kier molecular flexibility index (Phi) is 4.20. The van der Waals surface area contributed by atoms with Crippen LogP contribution in [0.4, 0.5) is 0 Å². The molecule has 0 saturated carbocycles. The van der Waals surface area contributed by atoms with E-state index in [0.29, 0.717) is 0 Å². The molecule has 2 aromatic rings. The number of nitrogens with one attached hydrogen (secondary N) is 1. The summed E-state index contributed by atoms with van der Waals surface area (Å²) in [5.74, 6) is 0.316. The van der Waals surface area contributed by atoms with Gasteiger partial charge in [0, 0.05) is 20.1 Å². The fourth-order valence-electron chi connectivity index (χ4n) is 3.29. The molecule has 1 fully saturated rings. The molecule has 0 aliphatic carbocycles. The summed E-state index contributed by atoms with van der Waals surface area (Å²) in [6.45, 7) is 2.87. The van der Waals surface area contributed by atoms with Crippen molar-refractivity contribution in [3.8, 4) is 0 Å². The molecule has 0 spiro atoms. The second-order valence-corrected chi connectivity index (χ2v) is 5.83. The molecule has 1 atom stereocenters. The second kappa shape index (κ2) is 6.27. The van der Waals surface area contributed by atoms with Crippen molar-refractivity contribution in [2.24, 2.45) is 5.92 Å². The summed E-state index contributed by atoms with van der Waals surface area (Å²) in [6, 6.07) is 15.0. The first-order valence-electron chi connectivity index (χ1n) is 7.68. The number of amides is 1. The highest BCUT2D eigenvalue weighted by Crippen LogP contribution is 2.23. The summed E-state index contributed by atoms with van der Waals surface area (Å²) in [5.41, 5.74) is 1.35. The molecule has 21 heavy (non-hydrogen) atoms. The smallest absolute Gasteiger partial charge is 0.224 e. The Morgan fingerprint density at radius 3 is 2.90 bits per heavy atom. The van der Waals surface area contributed by atoms with Crippen molar-refractivity contribution in [3.05, 3.63) is 48.0 Å². The van der Waals surface area contributed by atoms with Crippen molar-refractivity contribution in [1.29, 1.82) is 0 Å². The average Bonchev–Trinajstić information content (AvgIpc) is 2.55. The van der Waals surface area contributed by atoms with Crippen LogP contribution in [0.15, 0.2) is 42.5 Å². The summed E-state index contributed by atoms with van der Waals surface area (Å²) < 4.78 is 0. The van der Waals surface area contributed by atoms with Crippen LogP contribution in [0.2, 0.25) is 0 Å². The molecule has 1 aliphatic heterocycles. The van der Waals surface area contributed by atoms with Crippen LogP contribution in [-0.2, 0) is 11.3 Å². The average molecular weight is 282 g/mol. The lowest BCUT2D eigenvalue weighted by Crippen LogP contribution is -2.41. The van der Waals surface area contributed by atoms with Crippen molar-refractivity contribution in [2.45, 2.75) is 19.4 Å². The molecule has 110 valence electrons. The molecule has 0 bridgehead atoms. The molecule has 1 amide bonds. The lowest BCUT2D eigenvalue weighted by molar-refractivity contribution is -0.126. The molecule has 1 heterocycles. The van der Waals surface area contributed by atoms with Gasteiger partial charge < -0.3 is 5.32 Å². The van der Waals surface area contributed by atoms with E-state index in [1.165, 1.54) is 16.3 Å². The van der Waals surface area contributed by atoms with Crippen molar-refractivity contribution >= 4 is 16.7 Å². The lowest BCUT2D eigenvalue weighted by Gasteiger charge is -2.32. The van der Waals surface area contributed by atoms with Gasteiger partial charge in [0.2, 0.25) is 5.91 Å². The van der Waals surface area contributed by atoms with E-state index in [2.05, 4.69) is 52.7 Å². The van der Waals surface area contributed by atoms with Crippen molar-refractivity contribution in [2.75, 3.05) is 20.1 Å². The maximum absolute atomic E-state index is 11.8. The number of fused-ring (bicyclic) bond motifs is 1. The predicted molar refractivity (Wildman–Crippen MR) is 86.0 cm³/mol. The minimum absolute atomic E-state index is 0.138. The molecule has 2 aromatic carbocycles. The Morgan fingerprint density at radius 2 is 2.05 bits per heavy atom. The van der Waals surface area contributed by atoms with E-state index in [1.807, 2.05) is 0 Å². The molecule has 3 nitrogen and oxygen atoms in total. The van der Waals surface area contributed by atoms with Crippen LogP contribution in [0.25, 0.3) is 10.8 Å². The Balaban J connectivity index is 1.77. The molecule has 3 heteroatoms. The Labute approximate surface area is 125 Å². The predicted octanol–water partition coefficient (Wildman–Crippen LogP) is 2.80. The van der Waals surface area contributed by atoms with Gasteiger partial charge in [-0.1, -0.05) is 42.5 Å². The SMILES string of the molecule is CNC(=O)C1CCCN(Cc2cccc3ccccc23)C1. The van der Waals surface area contributed by atoms with Crippen molar-refractivity contribution in [3.63, 3.8) is 0 Å². The molecular formula is C18H22N2O. The van der Waals surface area contributed by atoms with Gasteiger partial charge in [-0.25, -0.2) is 0 Å². The lowest BCUT2D eigenvalue weighted by atomic mass is 9.96. The van der Waals surface area contributed by atoms with Gasteiger partial charge in [-0.15, -0.1) is 0 Å². The second-order valence-electron chi connectivity index (χ2n) is 5.83. The number of hydrogen-bond donors (Lipinski definition) is 1. The third kappa shape index (κ3) is 3.08. The third-order valence-electron chi connectivity index (χ3n) is 4.40. The number of nitrogens with zero attached hydrogens (tertiary/aromatic N) is 1. The molecule has 1 N–H and O–H groups in total. The van der Waals surface area contributed by atoms with Crippen LogP contribution < -0.4 is 5.32 Å². The molecule has 1 unspecified atom stereocenters. The van der Waals surface area contributed by atoms with Crippen LogP contribution in [0.5, 0.6) is 0 Å². The fraction of sp³-hybridized carbons (Fsp3) is 0.389. The first-order chi connectivity index (χ1) is 10.3. The van der Waals surface area contributed by atoms with Crippen LogP contribution in [-0.4, -0.2) is 30.9 Å². The zero-order valence-corrected chi connectivity index (χ0v) is 12.5. The van der Waals surface area contributed by atoms with Gasteiger partial charge in [0.1, 0.15) is 0 Å². The van der Waals surface area contributed by atoms with Crippen LogP contribution in [0.3, 0.4) is 0 Å². The van der Waals surface area contributed by atoms with Gasteiger partial charge in [-0.05, 0) is 35.7 Å². The first kappa shape index (κ1) is 14.1. The summed E-state index contributed by atoms with van der Waals surface area (Å²) in [4.78, 5) is 14.2. The molecular weight excluding hydrogens is 260 g/mol. The molecule has 0 radical (unpaired) electrons. The molecule has 3 rings (SSSR count). The highest BCUT2D eigenvalue weighted by molar-refractivity contribution is 5.85.